The third-order valence-electron chi connectivity index (χ3n) is 2.15. The molecule has 1 rings (SSSR count). The van der Waals surface area contributed by atoms with E-state index in [0.717, 1.165) is 0 Å². The van der Waals surface area contributed by atoms with E-state index in [0.29, 0.717) is 6.20 Å². The van der Waals surface area contributed by atoms with Crippen molar-refractivity contribution in [1.82, 2.24) is 4.98 Å². The predicted octanol–water partition coefficient (Wildman–Crippen LogP) is 2.54. The molecule has 0 saturated carbocycles. The van der Waals surface area contributed by atoms with Gasteiger partial charge >= 0.3 is 12.1 Å². The molecule has 1 N–H and O–H groups in total. The quantitative estimate of drug-likeness (QED) is 0.863. The van der Waals surface area contributed by atoms with Crippen molar-refractivity contribution in [3.05, 3.63) is 28.6 Å². The lowest BCUT2D eigenvalue weighted by molar-refractivity contribution is -0.141. The van der Waals surface area contributed by atoms with Crippen LogP contribution >= 0.6 is 0 Å². The summed E-state index contributed by atoms with van der Waals surface area (Å²) in [4.78, 5) is 13.4. The van der Waals surface area contributed by atoms with Gasteiger partial charge in [-0.1, -0.05) is 0 Å². The van der Waals surface area contributed by atoms with E-state index in [1.165, 1.54) is 6.07 Å². The fourth-order valence-corrected chi connectivity index (χ4v) is 1.48. The number of rotatable bonds is 3. The van der Waals surface area contributed by atoms with Gasteiger partial charge in [0.1, 0.15) is 11.8 Å². The molecule has 9 heteroatoms. The highest BCUT2D eigenvalue weighted by molar-refractivity contribution is 5.72. The Hall–Kier alpha value is -2.24. The highest BCUT2D eigenvalue weighted by atomic mass is 19.4. The fraction of sp³-hybridized carbons (Fsp3) is 0.300. The van der Waals surface area contributed by atoms with E-state index in [1.807, 2.05) is 0 Å². The Bertz CT molecular complexity index is 548. The maximum absolute atomic E-state index is 12.8. The molecular weight excluding hydrogens is 275 g/mol. The Morgan fingerprint density at radius 3 is 2.42 bits per heavy atom. The maximum Gasteiger partial charge on any atom is 0.418 e. The third kappa shape index (κ3) is 3.15. The number of alkyl halides is 5. The van der Waals surface area contributed by atoms with Gasteiger partial charge < -0.3 is 5.11 Å². The zero-order chi connectivity index (χ0) is 14.8. The van der Waals surface area contributed by atoms with E-state index in [2.05, 4.69) is 4.98 Å². The lowest BCUT2D eigenvalue weighted by Gasteiger charge is -2.16. The zero-order valence-electron chi connectivity index (χ0n) is 9.00. The first-order chi connectivity index (χ1) is 8.68. The monoisotopic (exact) mass is 280 g/mol. The predicted molar refractivity (Wildman–Crippen MR) is 50.3 cm³/mol. The minimum absolute atomic E-state index is 0.509. The number of carboxylic acids is 1. The van der Waals surface area contributed by atoms with Crippen LogP contribution in [0.4, 0.5) is 22.0 Å². The zero-order valence-corrected chi connectivity index (χ0v) is 9.00. The van der Waals surface area contributed by atoms with Crippen molar-refractivity contribution in [1.29, 1.82) is 5.26 Å². The number of nitriles is 1. The highest BCUT2D eigenvalue weighted by Crippen LogP contribution is 2.38. The summed E-state index contributed by atoms with van der Waals surface area (Å²) in [6, 6.07) is 1.31. The van der Waals surface area contributed by atoms with Crippen LogP contribution in [0.15, 0.2) is 6.20 Å². The third-order valence-corrected chi connectivity index (χ3v) is 2.15. The number of carbonyl (C=O) groups is 1. The Morgan fingerprint density at radius 1 is 1.47 bits per heavy atom. The summed E-state index contributed by atoms with van der Waals surface area (Å²) >= 11 is 0. The van der Waals surface area contributed by atoms with E-state index in [1.54, 1.807) is 0 Å². The molecule has 0 bridgehead atoms. The Kier molecular flexibility index (Phi) is 4.04. The Balaban J connectivity index is 3.67. The first-order valence-electron chi connectivity index (χ1n) is 4.67. The van der Waals surface area contributed by atoms with Crippen LogP contribution in [0, 0.1) is 11.3 Å². The van der Waals surface area contributed by atoms with Gasteiger partial charge in [0.25, 0.3) is 6.43 Å². The Labute approximate surface area is 103 Å². The molecule has 1 aromatic heterocycles. The van der Waals surface area contributed by atoms with Crippen molar-refractivity contribution in [3.63, 3.8) is 0 Å². The molecule has 0 amide bonds. The molecule has 0 spiro atoms. The topological polar surface area (TPSA) is 74.0 Å². The molecule has 1 heterocycles. The van der Waals surface area contributed by atoms with Gasteiger partial charge in [0.05, 0.1) is 17.5 Å². The summed E-state index contributed by atoms with van der Waals surface area (Å²) in [6.07, 6.45) is -9.44. The average Bonchev–Trinajstić information content (AvgIpc) is 2.25. The van der Waals surface area contributed by atoms with E-state index in [4.69, 9.17) is 10.4 Å². The highest BCUT2D eigenvalue weighted by Gasteiger charge is 2.40. The minimum atomic E-state index is -5.23. The summed E-state index contributed by atoms with van der Waals surface area (Å²) in [5.41, 5.74) is -5.14. The SMILES string of the molecule is N#Cc1cnc(C(F)F)c(C(F)(F)F)c1CC(=O)O. The molecule has 0 aliphatic rings. The van der Waals surface area contributed by atoms with Crippen LogP contribution in [0.1, 0.15) is 28.8 Å². The number of halogens is 5. The molecule has 19 heavy (non-hydrogen) atoms. The molecule has 0 aliphatic heterocycles. The van der Waals surface area contributed by atoms with Crippen molar-refractivity contribution in [2.45, 2.75) is 19.0 Å². The smallest absolute Gasteiger partial charge is 0.418 e. The average molecular weight is 280 g/mol. The molecule has 1 aromatic rings. The Morgan fingerprint density at radius 2 is 2.05 bits per heavy atom. The van der Waals surface area contributed by atoms with E-state index < -0.39 is 47.4 Å². The van der Waals surface area contributed by atoms with Crippen molar-refractivity contribution >= 4 is 5.97 Å². The summed E-state index contributed by atoms with van der Waals surface area (Å²) in [5.74, 6) is -1.67. The van der Waals surface area contributed by atoms with Crippen LogP contribution in [0.5, 0.6) is 0 Å². The van der Waals surface area contributed by atoms with Gasteiger partial charge in [-0.3, -0.25) is 9.78 Å². The molecule has 0 aromatic carbocycles. The van der Waals surface area contributed by atoms with Crippen LogP contribution in [-0.4, -0.2) is 16.1 Å². The number of aromatic nitrogens is 1. The lowest BCUT2D eigenvalue weighted by atomic mass is 9.98. The summed E-state index contributed by atoms with van der Waals surface area (Å²) < 4.78 is 63.3. The summed E-state index contributed by atoms with van der Waals surface area (Å²) in [7, 11) is 0. The molecular formula is C10H5F5N2O2. The van der Waals surface area contributed by atoms with Gasteiger partial charge in [0.15, 0.2) is 0 Å². The minimum Gasteiger partial charge on any atom is -0.481 e. The van der Waals surface area contributed by atoms with Crippen LogP contribution in [0.3, 0.4) is 0 Å². The lowest BCUT2D eigenvalue weighted by Crippen LogP contribution is -2.18. The second kappa shape index (κ2) is 5.17. The van der Waals surface area contributed by atoms with E-state index in [9.17, 15) is 26.7 Å². The maximum atomic E-state index is 12.8. The van der Waals surface area contributed by atoms with Crippen molar-refractivity contribution < 1.29 is 31.9 Å². The number of nitrogens with zero attached hydrogens (tertiary/aromatic N) is 2. The van der Waals surface area contributed by atoms with E-state index in [-0.39, 0.29) is 0 Å². The molecule has 0 atom stereocenters. The first kappa shape index (κ1) is 14.8. The van der Waals surface area contributed by atoms with Crippen LogP contribution in [0.25, 0.3) is 0 Å². The van der Waals surface area contributed by atoms with Crippen molar-refractivity contribution in [2.24, 2.45) is 0 Å². The molecule has 0 fully saturated rings. The number of carboxylic acid groups (broad SMARTS) is 1. The molecule has 0 radical (unpaired) electrons. The van der Waals surface area contributed by atoms with Crippen LogP contribution in [0.2, 0.25) is 0 Å². The van der Waals surface area contributed by atoms with Gasteiger partial charge in [-0.25, -0.2) is 8.78 Å². The van der Waals surface area contributed by atoms with Gasteiger partial charge in [-0.2, -0.15) is 18.4 Å². The number of hydrogen-bond donors (Lipinski definition) is 1. The normalized spacial score (nSPS) is 11.4. The molecule has 0 unspecified atom stereocenters. The second-order valence-electron chi connectivity index (χ2n) is 3.39. The number of hydrogen-bond acceptors (Lipinski definition) is 3. The molecule has 0 saturated heterocycles. The number of aliphatic carboxylic acids is 1. The fourth-order valence-electron chi connectivity index (χ4n) is 1.48. The summed E-state index contributed by atoms with van der Waals surface area (Å²) in [6.45, 7) is 0. The van der Waals surface area contributed by atoms with Crippen molar-refractivity contribution in [2.75, 3.05) is 0 Å². The van der Waals surface area contributed by atoms with Crippen LogP contribution < -0.4 is 0 Å². The van der Waals surface area contributed by atoms with Gasteiger partial charge in [0.2, 0.25) is 0 Å². The molecule has 4 nitrogen and oxygen atoms in total. The largest absolute Gasteiger partial charge is 0.481 e. The van der Waals surface area contributed by atoms with Gasteiger partial charge in [-0.15, -0.1) is 0 Å². The molecule has 102 valence electrons. The van der Waals surface area contributed by atoms with Gasteiger partial charge in [-0.05, 0) is 5.56 Å². The first-order valence-corrected chi connectivity index (χ1v) is 4.67. The van der Waals surface area contributed by atoms with Gasteiger partial charge in [0, 0.05) is 6.20 Å². The summed E-state index contributed by atoms with van der Waals surface area (Å²) in [5, 5.41) is 17.1. The second-order valence-corrected chi connectivity index (χ2v) is 3.39. The van der Waals surface area contributed by atoms with Crippen LogP contribution in [-0.2, 0) is 17.4 Å². The van der Waals surface area contributed by atoms with E-state index >= 15 is 0 Å². The standard InChI is InChI=1S/C10H5F5N2O2/c11-9(12)8-7(10(13,14)15)5(1-6(18)19)4(2-16)3-17-8/h3,9H,1H2,(H,18,19). The molecule has 0 aliphatic carbocycles. The van der Waals surface area contributed by atoms with Crippen molar-refractivity contribution in [3.8, 4) is 6.07 Å². The number of pyridine rings is 1.